The molecule has 2 aliphatic carbocycles. The molecule has 1 aromatic heterocycles. The van der Waals surface area contributed by atoms with Gasteiger partial charge in [0.25, 0.3) is 0 Å². The van der Waals surface area contributed by atoms with Crippen LogP contribution in [0.4, 0.5) is 5.82 Å². The highest BCUT2D eigenvalue weighted by molar-refractivity contribution is 9.10. The summed E-state index contributed by atoms with van der Waals surface area (Å²) >= 11 is 3.50. The summed E-state index contributed by atoms with van der Waals surface area (Å²) in [6.45, 7) is 3.30. The van der Waals surface area contributed by atoms with Crippen LogP contribution in [0.1, 0.15) is 38.4 Å². The molecule has 3 rings (SSSR count). The van der Waals surface area contributed by atoms with Gasteiger partial charge in [0, 0.05) is 25.1 Å². The minimum Gasteiger partial charge on any atom is -0.353 e. The Bertz CT molecular complexity index is 413. The van der Waals surface area contributed by atoms with Gasteiger partial charge >= 0.3 is 0 Å². The van der Waals surface area contributed by atoms with E-state index in [9.17, 15) is 0 Å². The zero-order valence-electron chi connectivity index (χ0n) is 10.2. The smallest absolute Gasteiger partial charge is 0.133 e. The Kier molecular flexibility index (Phi) is 3.07. The van der Waals surface area contributed by atoms with E-state index in [1.54, 1.807) is 0 Å². The standard InChI is InChI=1S/C13H18BrN3/c1-2-12-15-11(14)7-13(16-12)17(10-5-6-10)8-9-3-4-9/h7,9-10H,2-6,8H2,1H3. The third kappa shape index (κ3) is 2.79. The average Bonchev–Trinajstić information content (AvgIpc) is 3.16. The van der Waals surface area contributed by atoms with Crippen molar-refractivity contribution in [2.24, 2.45) is 5.92 Å². The molecule has 0 unspecified atom stereocenters. The molecule has 0 aliphatic heterocycles. The fourth-order valence-corrected chi connectivity index (χ4v) is 2.56. The van der Waals surface area contributed by atoms with Gasteiger partial charge < -0.3 is 4.90 Å². The van der Waals surface area contributed by atoms with Gasteiger partial charge in [0.2, 0.25) is 0 Å². The van der Waals surface area contributed by atoms with E-state index in [1.807, 2.05) is 0 Å². The van der Waals surface area contributed by atoms with Gasteiger partial charge in [0.05, 0.1) is 0 Å². The molecule has 0 bridgehead atoms. The molecule has 0 amide bonds. The first-order chi connectivity index (χ1) is 8.26. The SMILES string of the molecule is CCc1nc(Br)cc(N(CC2CC2)C2CC2)n1. The molecule has 3 nitrogen and oxygen atoms in total. The van der Waals surface area contributed by atoms with E-state index in [0.717, 1.165) is 34.6 Å². The second-order valence-electron chi connectivity index (χ2n) is 5.15. The number of nitrogens with zero attached hydrogens (tertiary/aromatic N) is 3. The number of aromatic nitrogens is 2. The third-order valence-corrected chi connectivity index (χ3v) is 3.88. The van der Waals surface area contributed by atoms with Crippen LogP contribution in [0.5, 0.6) is 0 Å². The third-order valence-electron chi connectivity index (χ3n) is 3.48. The second-order valence-corrected chi connectivity index (χ2v) is 5.96. The molecular formula is C13H18BrN3. The summed E-state index contributed by atoms with van der Waals surface area (Å²) in [4.78, 5) is 11.6. The van der Waals surface area contributed by atoms with Gasteiger partial charge in [0.15, 0.2) is 0 Å². The normalized spacial score (nSPS) is 19.4. The van der Waals surface area contributed by atoms with Crippen LogP contribution >= 0.6 is 15.9 Å². The Hall–Kier alpha value is -0.640. The van der Waals surface area contributed by atoms with Crippen molar-refractivity contribution in [1.29, 1.82) is 0 Å². The van der Waals surface area contributed by atoms with Crippen LogP contribution in [0.3, 0.4) is 0 Å². The summed E-state index contributed by atoms with van der Waals surface area (Å²) in [6, 6.07) is 2.81. The summed E-state index contributed by atoms with van der Waals surface area (Å²) in [7, 11) is 0. The summed E-state index contributed by atoms with van der Waals surface area (Å²) in [5.41, 5.74) is 0. The zero-order valence-corrected chi connectivity index (χ0v) is 11.8. The zero-order chi connectivity index (χ0) is 11.8. The van der Waals surface area contributed by atoms with Gasteiger partial charge in [-0.25, -0.2) is 9.97 Å². The van der Waals surface area contributed by atoms with E-state index in [2.05, 4.69) is 43.8 Å². The highest BCUT2D eigenvalue weighted by atomic mass is 79.9. The lowest BCUT2D eigenvalue weighted by Gasteiger charge is -2.23. The second kappa shape index (κ2) is 4.56. The van der Waals surface area contributed by atoms with Crippen LogP contribution in [0.2, 0.25) is 0 Å². The van der Waals surface area contributed by atoms with Crippen molar-refractivity contribution in [3.05, 3.63) is 16.5 Å². The van der Waals surface area contributed by atoms with Gasteiger partial charge in [-0.15, -0.1) is 0 Å². The lowest BCUT2D eigenvalue weighted by Crippen LogP contribution is -2.29. The molecular weight excluding hydrogens is 278 g/mol. The fourth-order valence-electron chi connectivity index (χ4n) is 2.15. The number of rotatable bonds is 5. The lowest BCUT2D eigenvalue weighted by atomic mass is 10.3. The summed E-state index contributed by atoms with van der Waals surface area (Å²) in [5, 5.41) is 0. The molecule has 2 saturated carbocycles. The van der Waals surface area contributed by atoms with Crippen LogP contribution in [0.25, 0.3) is 0 Å². The van der Waals surface area contributed by atoms with Gasteiger partial charge in [-0.05, 0) is 47.5 Å². The Morgan fingerprint density at radius 3 is 2.65 bits per heavy atom. The van der Waals surface area contributed by atoms with Crippen LogP contribution in [-0.2, 0) is 6.42 Å². The van der Waals surface area contributed by atoms with Gasteiger partial charge in [-0.3, -0.25) is 0 Å². The molecule has 0 saturated heterocycles. The Morgan fingerprint density at radius 2 is 2.06 bits per heavy atom. The Morgan fingerprint density at radius 1 is 1.29 bits per heavy atom. The molecule has 4 heteroatoms. The molecule has 1 heterocycles. The maximum atomic E-state index is 4.68. The fraction of sp³-hybridized carbons (Fsp3) is 0.692. The largest absolute Gasteiger partial charge is 0.353 e. The molecule has 2 fully saturated rings. The molecule has 0 spiro atoms. The highest BCUT2D eigenvalue weighted by Gasteiger charge is 2.34. The van der Waals surface area contributed by atoms with Gasteiger partial charge in [-0.1, -0.05) is 6.92 Å². The predicted octanol–water partition coefficient (Wildman–Crippen LogP) is 3.18. The molecule has 17 heavy (non-hydrogen) atoms. The molecule has 0 radical (unpaired) electrons. The highest BCUT2D eigenvalue weighted by Crippen LogP contribution is 2.37. The van der Waals surface area contributed by atoms with E-state index in [4.69, 9.17) is 0 Å². The number of aryl methyl sites for hydroxylation is 1. The van der Waals surface area contributed by atoms with Crippen LogP contribution in [0, 0.1) is 5.92 Å². The molecule has 92 valence electrons. The molecule has 0 N–H and O–H groups in total. The average molecular weight is 296 g/mol. The van der Waals surface area contributed by atoms with Crippen molar-refractivity contribution in [2.45, 2.75) is 45.1 Å². The number of hydrogen-bond acceptors (Lipinski definition) is 3. The van der Waals surface area contributed by atoms with E-state index in [1.165, 1.54) is 32.2 Å². The minimum atomic E-state index is 0.738. The maximum Gasteiger partial charge on any atom is 0.133 e. The van der Waals surface area contributed by atoms with Crippen LogP contribution < -0.4 is 4.90 Å². The van der Waals surface area contributed by atoms with E-state index in [-0.39, 0.29) is 0 Å². The summed E-state index contributed by atoms with van der Waals surface area (Å²) in [6.07, 6.45) is 6.35. The molecule has 1 aromatic rings. The lowest BCUT2D eigenvalue weighted by molar-refractivity contribution is 0.702. The Balaban J connectivity index is 1.85. The first-order valence-electron chi connectivity index (χ1n) is 6.56. The number of hydrogen-bond donors (Lipinski definition) is 0. The van der Waals surface area contributed by atoms with Crippen molar-refractivity contribution in [1.82, 2.24) is 9.97 Å². The van der Waals surface area contributed by atoms with Crippen molar-refractivity contribution >= 4 is 21.7 Å². The van der Waals surface area contributed by atoms with Crippen molar-refractivity contribution in [3.63, 3.8) is 0 Å². The minimum absolute atomic E-state index is 0.738. The Labute approximate surface area is 111 Å². The van der Waals surface area contributed by atoms with Crippen LogP contribution in [0.15, 0.2) is 10.7 Å². The molecule has 0 aromatic carbocycles. The van der Waals surface area contributed by atoms with E-state index >= 15 is 0 Å². The van der Waals surface area contributed by atoms with Crippen molar-refractivity contribution in [3.8, 4) is 0 Å². The van der Waals surface area contributed by atoms with E-state index < -0.39 is 0 Å². The van der Waals surface area contributed by atoms with Crippen molar-refractivity contribution < 1.29 is 0 Å². The van der Waals surface area contributed by atoms with Gasteiger partial charge in [0.1, 0.15) is 16.2 Å². The monoisotopic (exact) mass is 295 g/mol. The van der Waals surface area contributed by atoms with E-state index in [0.29, 0.717) is 0 Å². The predicted molar refractivity (Wildman–Crippen MR) is 72.2 cm³/mol. The van der Waals surface area contributed by atoms with Crippen molar-refractivity contribution in [2.75, 3.05) is 11.4 Å². The first-order valence-corrected chi connectivity index (χ1v) is 7.35. The molecule has 0 atom stereocenters. The van der Waals surface area contributed by atoms with Gasteiger partial charge in [-0.2, -0.15) is 0 Å². The number of anilines is 1. The summed E-state index contributed by atoms with van der Waals surface area (Å²) in [5.74, 6) is 2.98. The topological polar surface area (TPSA) is 29.0 Å². The van der Waals surface area contributed by atoms with Crippen LogP contribution in [-0.4, -0.2) is 22.6 Å². The molecule has 2 aliphatic rings. The first kappa shape index (κ1) is 11.5. The summed E-state index contributed by atoms with van der Waals surface area (Å²) < 4.78 is 0.917. The maximum absolute atomic E-state index is 4.68. The quantitative estimate of drug-likeness (QED) is 0.781. The number of halogens is 1.